The summed E-state index contributed by atoms with van der Waals surface area (Å²) in [6.07, 6.45) is 4.48. The van der Waals surface area contributed by atoms with Crippen molar-refractivity contribution in [3.63, 3.8) is 0 Å². The van der Waals surface area contributed by atoms with E-state index in [9.17, 15) is 4.39 Å². The van der Waals surface area contributed by atoms with Crippen LogP contribution >= 0.6 is 15.9 Å². The number of rotatable bonds is 2. The number of nitrogen functional groups attached to an aromatic ring is 1. The zero-order valence-electron chi connectivity index (χ0n) is 10.2. The van der Waals surface area contributed by atoms with Crippen LogP contribution in [0.1, 0.15) is 32.6 Å². The van der Waals surface area contributed by atoms with Crippen molar-refractivity contribution >= 4 is 32.9 Å². The van der Waals surface area contributed by atoms with E-state index in [1.807, 2.05) is 0 Å². The summed E-state index contributed by atoms with van der Waals surface area (Å²) >= 11 is 3.23. The van der Waals surface area contributed by atoms with Crippen LogP contribution in [-0.2, 0) is 5.54 Å². The minimum atomic E-state index is -0.300. The average Bonchev–Trinajstić information content (AvgIpc) is 2.57. The number of halogens is 2. The first-order chi connectivity index (χ1) is 8.57. The van der Waals surface area contributed by atoms with Gasteiger partial charge in [-0.2, -0.15) is 0 Å². The summed E-state index contributed by atoms with van der Waals surface area (Å²) in [6, 6.07) is 3.22. The van der Waals surface area contributed by atoms with E-state index in [2.05, 4.69) is 32.4 Å². The molecule has 0 saturated heterocycles. The number of fused-ring (bicyclic) bond motifs is 1. The number of anilines is 1. The van der Waals surface area contributed by atoms with Gasteiger partial charge >= 0.3 is 0 Å². The minimum Gasteiger partial charge on any atom is -0.369 e. The van der Waals surface area contributed by atoms with E-state index in [-0.39, 0.29) is 11.4 Å². The summed E-state index contributed by atoms with van der Waals surface area (Å²) in [6.45, 7) is 2.17. The fraction of sp³-hybridized carbons (Fsp3) is 0.462. The number of nitrogens with zero attached hydrogens (tertiary/aromatic N) is 2. The molecule has 0 bridgehead atoms. The van der Waals surface area contributed by atoms with Crippen molar-refractivity contribution in [2.24, 2.45) is 0 Å². The van der Waals surface area contributed by atoms with Gasteiger partial charge in [0.15, 0.2) is 0 Å². The first kappa shape index (κ1) is 12.0. The first-order valence-corrected chi connectivity index (χ1v) is 7.00. The Balaban J connectivity index is 2.28. The van der Waals surface area contributed by atoms with Gasteiger partial charge in [-0.1, -0.05) is 6.92 Å². The molecule has 0 amide bonds. The smallest absolute Gasteiger partial charge is 0.201 e. The molecule has 1 aliphatic rings. The van der Waals surface area contributed by atoms with Gasteiger partial charge in [0.25, 0.3) is 0 Å². The van der Waals surface area contributed by atoms with Crippen LogP contribution in [0.25, 0.3) is 11.0 Å². The van der Waals surface area contributed by atoms with Crippen LogP contribution in [0.2, 0.25) is 0 Å². The Hall–Kier alpha value is -1.10. The molecule has 3 nitrogen and oxygen atoms in total. The van der Waals surface area contributed by atoms with E-state index in [0.29, 0.717) is 15.9 Å². The molecule has 96 valence electrons. The molecular weight excluding hydrogens is 297 g/mol. The van der Waals surface area contributed by atoms with E-state index < -0.39 is 0 Å². The summed E-state index contributed by atoms with van der Waals surface area (Å²) in [5, 5.41) is 0. The molecule has 0 radical (unpaired) electrons. The molecule has 1 saturated carbocycles. The SMILES string of the molecule is CCC1(n2c(N)nc3cc(F)c(Br)cc32)CCC1. The van der Waals surface area contributed by atoms with Crippen molar-refractivity contribution in [2.45, 2.75) is 38.1 Å². The number of nitrogens with two attached hydrogens (primary N) is 1. The number of aromatic nitrogens is 2. The van der Waals surface area contributed by atoms with Crippen molar-refractivity contribution in [3.05, 3.63) is 22.4 Å². The van der Waals surface area contributed by atoms with E-state index in [0.717, 1.165) is 24.8 Å². The lowest BCUT2D eigenvalue weighted by Gasteiger charge is -2.43. The van der Waals surface area contributed by atoms with Crippen LogP contribution < -0.4 is 5.73 Å². The second kappa shape index (κ2) is 3.95. The number of imidazole rings is 1. The van der Waals surface area contributed by atoms with E-state index >= 15 is 0 Å². The standard InChI is InChI=1S/C13H15BrFN3/c1-2-13(4-3-5-13)18-11-6-8(14)9(15)7-10(11)17-12(18)16/h6-7H,2-5H2,1H3,(H2,16,17). The fourth-order valence-corrected chi connectivity index (χ4v) is 3.24. The van der Waals surface area contributed by atoms with Crippen LogP contribution in [0.5, 0.6) is 0 Å². The van der Waals surface area contributed by atoms with Gasteiger partial charge in [-0.3, -0.25) is 0 Å². The van der Waals surface area contributed by atoms with Gasteiger partial charge in [0.2, 0.25) is 5.95 Å². The Morgan fingerprint density at radius 2 is 2.22 bits per heavy atom. The Kier molecular flexibility index (Phi) is 2.62. The summed E-state index contributed by atoms with van der Waals surface area (Å²) in [5.74, 6) is 0.190. The van der Waals surface area contributed by atoms with Gasteiger partial charge in [0, 0.05) is 11.6 Å². The summed E-state index contributed by atoms with van der Waals surface area (Å²) in [4.78, 5) is 4.29. The van der Waals surface area contributed by atoms with Crippen molar-refractivity contribution in [3.8, 4) is 0 Å². The third kappa shape index (κ3) is 1.49. The monoisotopic (exact) mass is 311 g/mol. The maximum absolute atomic E-state index is 13.5. The van der Waals surface area contributed by atoms with Gasteiger partial charge in [-0.05, 0) is 47.7 Å². The highest BCUT2D eigenvalue weighted by Crippen LogP contribution is 2.45. The Morgan fingerprint density at radius 3 is 2.78 bits per heavy atom. The maximum Gasteiger partial charge on any atom is 0.201 e. The Labute approximate surface area is 113 Å². The highest BCUT2D eigenvalue weighted by Gasteiger charge is 2.39. The third-order valence-corrected chi connectivity index (χ3v) is 4.75. The van der Waals surface area contributed by atoms with Crippen molar-refractivity contribution in [1.29, 1.82) is 0 Å². The first-order valence-electron chi connectivity index (χ1n) is 6.21. The lowest BCUT2D eigenvalue weighted by molar-refractivity contribution is 0.144. The normalized spacial score (nSPS) is 17.9. The maximum atomic E-state index is 13.5. The topological polar surface area (TPSA) is 43.8 Å². The number of hydrogen-bond donors (Lipinski definition) is 1. The molecule has 0 atom stereocenters. The summed E-state index contributed by atoms with van der Waals surface area (Å²) in [7, 11) is 0. The molecule has 1 fully saturated rings. The van der Waals surface area contributed by atoms with Gasteiger partial charge in [-0.15, -0.1) is 0 Å². The number of hydrogen-bond acceptors (Lipinski definition) is 2. The van der Waals surface area contributed by atoms with Gasteiger partial charge < -0.3 is 10.3 Å². The molecule has 18 heavy (non-hydrogen) atoms. The van der Waals surface area contributed by atoms with Crippen molar-refractivity contribution in [1.82, 2.24) is 9.55 Å². The predicted molar refractivity (Wildman–Crippen MR) is 73.9 cm³/mol. The van der Waals surface area contributed by atoms with Crippen LogP contribution in [0.4, 0.5) is 10.3 Å². The molecule has 0 spiro atoms. The molecule has 3 rings (SSSR count). The molecule has 1 aliphatic carbocycles. The lowest BCUT2D eigenvalue weighted by atomic mass is 9.74. The molecular formula is C13H15BrFN3. The molecule has 1 aromatic heterocycles. The highest BCUT2D eigenvalue weighted by atomic mass is 79.9. The van der Waals surface area contributed by atoms with Gasteiger partial charge in [0.1, 0.15) is 5.82 Å². The third-order valence-electron chi connectivity index (χ3n) is 4.14. The summed E-state index contributed by atoms with van der Waals surface area (Å²) in [5.41, 5.74) is 7.67. The van der Waals surface area contributed by atoms with Gasteiger partial charge in [-0.25, -0.2) is 9.37 Å². The van der Waals surface area contributed by atoms with E-state index in [1.165, 1.54) is 12.5 Å². The van der Waals surface area contributed by atoms with Crippen LogP contribution in [0, 0.1) is 5.82 Å². The Morgan fingerprint density at radius 1 is 1.50 bits per heavy atom. The van der Waals surface area contributed by atoms with Crippen LogP contribution in [0.15, 0.2) is 16.6 Å². The zero-order chi connectivity index (χ0) is 12.9. The van der Waals surface area contributed by atoms with E-state index in [1.54, 1.807) is 6.07 Å². The quantitative estimate of drug-likeness (QED) is 0.916. The molecule has 1 aromatic carbocycles. The number of benzene rings is 1. The van der Waals surface area contributed by atoms with Gasteiger partial charge in [0.05, 0.1) is 15.5 Å². The zero-order valence-corrected chi connectivity index (χ0v) is 11.8. The fourth-order valence-electron chi connectivity index (χ4n) is 2.91. The summed E-state index contributed by atoms with van der Waals surface area (Å²) < 4.78 is 16.1. The molecule has 2 aromatic rings. The van der Waals surface area contributed by atoms with Crippen LogP contribution in [0.3, 0.4) is 0 Å². The highest BCUT2D eigenvalue weighted by molar-refractivity contribution is 9.10. The van der Waals surface area contributed by atoms with Crippen LogP contribution in [-0.4, -0.2) is 9.55 Å². The second-order valence-electron chi connectivity index (χ2n) is 4.99. The molecule has 5 heteroatoms. The van der Waals surface area contributed by atoms with Crippen molar-refractivity contribution in [2.75, 3.05) is 5.73 Å². The van der Waals surface area contributed by atoms with E-state index in [4.69, 9.17) is 5.73 Å². The molecule has 2 N–H and O–H groups in total. The molecule has 1 heterocycles. The lowest BCUT2D eigenvalue weighted by Crippen LogP contribution is -2.40. The van der Waals surface area contributed by atoms with Crippen molar-refractivity contribution < 1.29 is 4.39 Å². The second-order valence-corrected chi connectivity index (χ2v) is 5.85. The Bertz CT molecular complexity index is 611. The minimum absolute atomic E-state index is 0.0795. The largest absolute Gasteiger partial charge is 0.369 e. The molecule has 0 aliphatic heterocycles. The molecule has 0 unspecified atom stereocenters. The average molecular weight is 312 g/mol. The predicted octanol–water partition coefficient (Wildman–Crippen LogP) is 3.81.